The molecule has 92 valence electrons. The van der Waals surface area contributed by atoms with Crippen molar-refractivity contribution in [3.8, 4) is 0 Å². The molecule has 1 amide bonds. The van der Waals surface area contributed by atoms with Crippen LogP contribution in [-0.4, -0.2) is 17.9 Å². The lowest BCUT2D eigenvalue weighted by Gasteiger charge is -2.17. The van der Waals surface area contributed by atoms with Gasteiger partial charge < -0.3 is 4.74 Å². The average molecular weight is 274 g/mol. The highest BCUT2D eigenvalue weighted by Gasteiger charge is 2.15. The molecule has 0 saturated carbocycles. The van der Waals surface area contributed by atoms with E-state index in [-0.39, 0.29) is 0 Å². The summed E-state index contributed by atoms with van der Waals surface area (Å²) in [5.41, 5.74) is 0.0112. The van der Waals surface area contributed by atoms with Gasteiger partial charge in [0.2, 0.25) is 0 Å². The molecule has 0 atom stereocenters. The highest BCUT2D eigenvalue weighted by molar-refractivity contribution is 6.43. The molecule has 0 radical (unpaired) electrons. The van der Waals surface area contributed by atoms with E-state index in [1.54, 1.807) is 39.0 Å². The number of ether oxygens (including phenoxy) is 1. The monoisotopic (exact) mass is 273 g/mol. The van der Waals surface area contributed by atoms with Crippen LogP contribution in [0.5, 0.6) is 0 Å². The molecule has 0 aliphatic heterocycles. The van der Waals surface area contributed by atoms with Gasteiger partial charge in [0.15, 0.2) is 0 Å². The van der Waals surface area contributed by atoms with Crippen LogP contribution in [0.1, 0.15) is 26.3 Å². The van der Waals surface area contributed by atoms with Crippen molar-refractivity contribution < 1.29 is 9.53 Å². The molecule has 0 unspecified atom stereocenters. The van der Waals surface area contributed by atoms with Crippen molar-refractivity contribution in [1.82, 2.24) is 0 Å². The Morgan fingerprint density at radius 2 is 2.00 bits per heavy atom. The topological polar surface area (TPSA) is 38.7 Å². The molecule has 1 rings (SSSR count). The number of halogens is 2. The number of hydrogen-bond donors (Lipinski definition) is 0. The highest BCUT2D eigenvalue weighted by Crippen LogP contribution is 2.24. The fourth-order valence-electron chi connectivity index (χ4n) is 1.03. The summed E-state index contributed by atoms with van der Waals surface area (Å²) in [6, 6.07) is 5.10. The lowest BCUT2D eigenvalue weighted by Crippen LogP contribution is -2.21. The smallest absolute Gasteiger partial charge is 0.434 e. The number of rotatable bonds is 1. The van der Waals surface area contributed by atoms with Gasteiger partial charge in [0.1, 0.15) is 5.60 Å². The Bertz CT molecular complexity index is 450. The molecular formula is C12H13Cl2NO2. The van der Waals surface area contributed by atoms with E-state index in [1.165, 1.54) is 6.21 Å². The highest BCUT2D eigenvalue weighted by atomic mass is 35.5. The number of carbonyl (C=O) groups excluding carboxylic acids is 1. The van der Waals surface area contributed by atoms with Crippen molar-refractivity contribution in [2.75, 3.05) is 0 Å². The third kappa shape index (κ3) is 4.75. The van der Waals surface area contributed by atoms with Crippen LogP contribution in [0.15, 0.2) is 23.2 Å². The molecule has 0 aliphatic carbocycles. The molecule has 0 spiro atoms. The van der Waals surface area contributed by atoms with Crippen molar-refractivity contribution >= 4 is 35.5 Å². The lowest BCUT2D eigenvalue weighted by atomic mass is 10.2. The van der Waals surface area contributed by atoms with Crippen molar-refractivity contribution in [2.24, 2.45) is 4.99 Å². The Balaban J connectivity index is 2.78. The number of nitrogens with zero attached hydrogens (tertiary/aromatic N) is 1. The van der Waals surface area contributed by atoms with Crippen LogP contribution < -0.4 is 0 Å². The fraction of sp³-hybridized carbons (Fsp3) is 0.333. The van der Waals surface area contributed by atoms with Gasteiger partial charge in [-0.2, -0.15) is 4.99 Å². The van der Waals surface area contributed by atoms with Gasteiger partial charge in [-0.1, -0.05) is 35.3 Å². The van der Waals surface area contributed by atoms with Gasteiger partial charge in [-0.15, -0.1) is 0 Å². The summed E-state index contributed by atoms with van der Waals surface area (Å²) in [6.07, 6.45) is 0.677. The van der Waals surface area contributed by atoms with Crippen molar-refractivity contribution in [3.63, 3.8) is 0 Å². The number of benzene rings is 1. The van der Waals surface area contributed by atoms with E-state index < -0.39 is 11.7 Å². The Morgan fingerprint density at radius 1 is 1.35 bits per heavy atom. The number of amides is 1. The van der Waals surface area contributed by atoms with E-state index in [0.717, 1.165) is 0 Å². The minimum Gasteiger partial charge on any atom is -0.442 e. The van der Waals surface area contributed by atoms with Gasteiger partial charge >= 0.3 is 6.09 Å². The van der Waals surface area contributed by atoms with Crippen LogP contribution in [0.4, 0.5) is 4.79 Å². The Labute approximate surface area is 110 Å². The normalized spacial score (nSPS) is 11.8. The molecular weight excluding hydrogens is 261 g/mol. The van der Waals surface area contributed by atoms with E-state index in [0.29, 0.717) is 15.6 Å². The SMILES string of the molecule is CC(C)(C)OC(=O)/N=C/c1cccc(Cl)c1Cl. The summed E-state index contributed by atoms with van der Waals surface area (Å²) in [7, 11) is 0. The summed E-state index contributed by atoms with van der Waals surface area (Å²) in [4.78, 5) is 15.0. The second-order valence-electron chi connectivity index (χ2n) is 4.38. The first-order valence-corrected chi connectivity index (χ1v) is 5.76. The summed E-state index contributed by atoms with van der Waals surface area (Å²) < 4.78 is 5.02. The number of aliphatic imine (C=N–C) groups is 1. The Hall–Kier alpha value is -1.06. The molecule has 1 aromatic carbocycles. The third-order valence-electron chi connectivity index (χ3n) is 1.68. The molecule has 0 heterocycles. The maximum absolute atomic E-state index is 11.3. The van der Waals surface area contributed by atoms with E-state index in [1.807, 2.05) is 0 Å². The zero-order valence-corrected chi connectivity index (χ0v) is 11.3. The van der Waals surface area contributed by atoms with Gasteiger partial charge in [0, 0.05) is 11.8 Å². The van der Waals surface area contributed by atoms with Crippen LogP contribution in [0.3, 0.4) is 0 Å². The molecule has 1 aromatic rings. The van der Waals surface area contributed by atoms with Crippen molar-refractivity contribution in [2.45, 2.75) is 26.4 Å². The predicted octanol–water partition coefficient (Wildman–Crippen LogP) is 4.35. The van der Waals surface area contributed by atoms with Crippen molar-refractivity contribution in [3.05, 3.63) is 33.8 Å². The molecule has 17 heavy (non-hydrogen) atoms. The number of carbonyl (C=O) groups is 1. The van der Waals surface area contributed by atoms with Gasteiger partial charge in [-0.25, -0.2) is 4.79 Å². The van der Waals surface area contributed by atoms with Crippen molar-refractivity contribution in [1.29, 1.82) is 0 Å². The molecule has 0 saturated heterocycles. The fourth-order valence-corrected chi connectivity index (χ4v) is 1.39. The first-order valence-electron chi connectivity index (χ1n) is 5.00. The van der Waals surface area contributed by atoms with Crippen LogP contribution in [-0.2, 0) is 4.74 Å². The summed E-state index contributed by atoms with van der Waals surface area (Å²) in [6.45, 7) is 5.31. The largest absolute Gasteiger partial charge is 0.442 e. The molecule has 5 heteroatoms. The second-order valence-corrected chi connectivity index (χ2v) is 5.17. The zero-order valence-electron chi connectivity index (χ0n) is 9.83. The maximum Gasteiger partial charge on any atom is 0.434 e. The van der Waals surface area contributed by atoms with Crippen LogP contribution in [0.25, 0.3) is 0 Å². The lowest BCUT2D eigenvalue weighted by molar-refractivity contribution is 0.0605. The molecule has 0 fully saturated rings. The minimum absolute atomic E-state index is 0.362. The third-order valence-corrected chi connectivity index (χ3v) is 2.52. The zero-order chi connectivity index (χ0) is 13.1. The molecule has 3 nitrogen and oxygen atoms in total. The number of hydrogen-bond acceptors (Lipinski definition) is 2. The predicted molar refractivity (Wildman–Crippen MR) is 70.3 cm³/mol. The van der Waals surface area contributed by atoms with Crippen LogP contribution >= 0.6 is 23.2 Å². The maximum atomic E-state index is 11.3. The average Bonchev–Trinajstić information content (AvgIpc) is 2.18. The summed E-state index contributed by atoms with van der Waals surface area (Å²) in [5.74, 6) is 0. The first kappa shape index (κ1) is 14.0. The minimum atomic E-state index is -0.659. The standard InChI is InChI=1S/C12H13Cl2NO2/c1-12(2,3)17-11(16)15-7-8-5-4-6-9(13)10(8)14/h4-7H,1-3H3/b15-7+. The first-order chi connectivity index (χ1) is 7.79. The second kappa shape index (κ2) is 5.52. The van der Waals surface area contributed by atoms with Gasteiger partial charge in [0.25, 0.3) is 0 Å². The Kier molecular flexibility index (Phi) is 4.54. The van der Waals surface area contributed by atoms with Gasteiger partial charge in [-0.3, -0.25) is 0 Å². The molecule has 0 bridgehead atoms. The van der Waals surface area contributed by atoms with E-state index >= 15 is 0 Å². The quantitative estimate of drug-likeness (QED) is 0.714. The molecule has 0 aromatic heterocycles. The van der Waals surface area contributed by atoms with Gasteiger partial charge in [-0.05, 0) is 26.8 Å². The van der Waals surface area contributed by atoms with Gasteiger partial charge in [0.05, 0.1) is 10.0 Å². The summed E-state index contributed by atoms with van der Waals surface area (Å²) >= 11 is 11.8. The van der Waals surface area contributed by atoms with Crippen LogP contribution in [0, 0.1) is 0 Å². The molecule has 0 N–H and O–H groups in total. The van der Waals surface area contributed by atoms with E-state index in [2.05, 4.69) is 4.99 Å². The molecule has 0 aliphatic rings. The summed E-state index contributed by atoms with van der Waals surface area (Å²) in [5, 5.41) is 0.779. The Morgan fingerprint density at radius 3 is 2.59 bits per heavy atom. The van der Waals surface area contributed by atoms with Crippen LogP contribution in [0.2, 0.25) is 10.0 Å². The van der Waals surface area contributed by atoms with E-state index in [9.17, 15) is 4.79 Å². The van der Waals surface area contributed by atoms with E-state index in [4.69, 9.17) is 27.9 Å².